The van der Waals surface area contributed by atoms with E-state index in [1.54, 1.807) is 4.90 Å². The van der Waals surface area contributed by atoms with E-state index in [9.17, 15) is 13.2 Å². The first-order chi connectivity index (χ1) is 9.47. The Morgan fingerprint density at radius 3 is 2.10 bits per heavy atom. The maximum atomic E-state index is 12.1. The van der Waals surface area contributed by atoms with Crippen molar-refractivity contribution in [2.45, 2.75) is 30.6 Å². The number of rotatable bonds is 2. The predicted octanol–water partition coefficient (Wildman–Crippen LogP) is 3.02. The average molecular weight is 317 g/mol. The van der Waals surface area contributed by atoms with Gasteiger partial charge in [0.15, 0.2) is 0 Å². The zero-order chi connectivity index (χ0) is 14.6. The number of carbonyl (C=O) groups excluding carboxylic acids is 1. The van der Waals surface area contributed by atoms with Gasteiger partial charge in [-0.05, 0) is 37.1 Å². The largest absolute Gasteiger partial charge is 0.325 e. The van der Waals surface area contributed by atoms with Crippen LogP contribution in [0.25, 0.3) is 0 Å². The molecule has 1 saturated heterocycles. The molecular formula is C13H17ClN2O3S. The highest BCUT2D eigenvalue weighted by Gasteiger charge is 2.16. The lowest BCUT2D eigenvalue weighted by Crippen LogP contribution is -2.35. The molecule has 5 nitrogen and oxygen atoms in total. The van der Waals surface area contributed by atoms with Gasteiger partial charge in [-0.15, -0.1) is 0 Å². The lowest BCUT2D eigenvalue weighted by molar-refractivity contribution is 0.214. The van der Waals surface area contributed by atoms with Gasteiger partial charge in [-0.25, -0.2) is 13.2 Å². The summed E-state index contributed by atoms with van der Waals surface area (Å²) in [7, 11) is 1.51. The number of likely N-dealkylation sites (tertiary alicyclic amines) is 1. The minimum atomic E-state index is -3.72. The Morgan fingerprint density at radius 1 is 1.05 bits per heavy atom. The van der Waals surface area contributed by atoms with Crippen LogP contribution in [0.5, 0.6) is 0 Å². The van der Waals surface area contributed by atoms with Crippen molar-refractivity contribution in [3.05, 3.63) is 24.3 Å². The number of carbonyl (C=O) groups is 1. The first-order valence-electron chi connectivity index (χ1n) is 6.57. The number of nitrogens with zero attached hydrogens (tertiary/aromatic N) is 1. The van der Waals surface area contributed by atoms with Crippen molar-refractivity contribution in [1.82, 2.24) is 4.90 Å². The third kappa shape index (κ3) is 4.11. The maximum absolute atomic E-state index is 12.1. The summed E-state index contributed by atoms with van der Waals surface area (Å²) >= 11 is 0. The van der Waals surface area contributed by atoms with Crippen LogP contribution < -0.4 is 5.32 Å². The van der Waals surface area contributed by atoms with Crippen LogP contribution in [0, 0.1) is 0 Å². The summed E-state index contributed by atoms with van der Waals surface area (Å²) < 4.78 is 22.2. The van der Waals surface area contributed by atoms with Gasteiger partial charge in [-0.2, -0.15) is 0 Å². The zero-order valence-electron chi connectivity index (χ0n) is 11.0. The molecule has 1 heterocycles. The molecule has 0 aliphatic carbocycles. The molecule has 2 rings (SSSR count). The lowest BCUT2D eigenvalue weighted by atomic mass is 10.2. The van der Waals surface area contributed by atoms with Gasteiger partial charge < -0.3 is 10.2 Å². The predicted molar refractivity (Wildman–Crippen MR) is 78.5 cm³/mol. The van der Waals surface area contributed by atoms with E-state index < -0.39 is 9.05 Å². The van der Waals surface area contributed by atoms with Crippen LogP contribution in [0.3, 0.4) is 0 Å². The number of amides is 2. The summed E-state index contributed by atoms with van der Waals surface area (Å²) in [6.07, 6.45) is 4.37. The van der Waals surface area contributed by atoms with E-state index in [4.69, 9.17) is 10.7 Å². The fourth-order valence-corrected chi connectivity index (χ4v) is 2.95. The van der Waals surface area contributed by atoms with Crippen LogP contribution in [-0.2, 0) is 9.05 Å². The van der Waals surface area contributed by atoms with E-state index in [-0.39, 0.29) is 10.9 Å². The van der Waals surface area contributed by atoms with Crippen LogP contribution in [0.2, 0.25) is 0 Å². The summed E-state index contributed by atoms with van der Waals surface area (Å²) in [6, 6.07) is 5.67. The van der Waals surface area contributed by atoms with Gasteiger partial charge in [0.1, 0.15) is 0 Å². The normalized spacial score (nSPS) is 16.6. The third-order valence-corrected chi connectivity index (χ3v) is 4.65. The molecule has 1 aliphatic rings. The fraction of sp³-hybridized carbons (Fsp3) is 0.462. The molecule has 0 bridgehead atoms. The van der Waals surface area contributed by atoms with Crippen LogP contribution >= 0.6 is 10.7 Å². The summed E-state index contributed by atoms with van der Waals surface area (Å²) in [5.41, 5.74) is 0.559. The quantitative estimate of drug-likeness (QED) is 0.853. The SMILES string of the molecule is O=C(Nc1ccc(S(=O)(=O)Cl)cc1)N1CCCCCC1. The zero-order valence-corrected chi connectivity index (χ0v) is 12.6. The molecule has 110 valence electrons. The van der Waals surface area contributed by atoms with E-state index >= 15 is 0 Å². The fourth-order valence-electron chi connectivity index (χ4n) is 2.18. The molecule has 7 heteroatoms. The highest BCUT2D eigenvalue weighted by Crippen LogP contribution is 2.18. The van der Waals surface area contributed by atoms with Crippen molar-refractivity contribution < 1.29 is 13.2 Å². The molecule has 0 aromatic heterocycles. The highest BCUT2D eigenvalue weighted by atomic mass is 35.7. The molecule has 20 heavy (non-hydrogen) atoms. The Kier molecular flexibility index (Phi) is 4.88. The Bertz CT molecular complexity index is 564. The minimum Gasteiger partial charge on any atom is -0.325 e. The highest BCUT2D eigenvalue weighted by molar-refractivity contribution is 8.13. The van der Waals surface area contributed by atoms with Gasteiger partial charge in [0.25, 0.3) is 9.05 Å². The molecule has 0 spiro atoms. The monoisotopic (exact) mass is 316 g/mol. The number of hydrogen-bond acceptors (Lipinski definition) is 3. The number of nitrogens with one attached hydrogen (secondary N) is 1. The van der Waals surface area contributed by atoms with Crippen LogP contribution in [0.15, 0.2) is 29.2 Å². The van der Waals surface area contributed by atoms with E-state index in [1.165, 1.54) is 24.3 Å². The second-order valence-electron chi connectivity index (χ2n) is 4.79. The van der Waals surface area contributed by atoms with E-state index in [0.29, 0.717) is 5.69 Å². The summed E-state index contributed by atoms with van der Waals surface area (Å²) in [4.78, 5) is 13.9. The van der Waals surface area contributed by atoms with E-state index in [1.807, 2.05) is 0 Å². The van der Waals surface area contributed by atoms with Crippen LogP contribution in [-0.4, -0.2) is 32.4 Å². The summed E-state index contributed by atoms with van der Waals surface area (Å²) in [5.74, 6) is 0. The molecule has 1 aromatic rings. The number of hydrogen-bond donors (Lipinski definition) is 1. The Hall–Kier alpha value is -1.27. The van der Waals surface area contributed by atoms with Crippen molar-refractivity contribution in [3.8, 4) is 0 Å². The topological polar surface area (TPSA) is 66.5 Å². The van der Waals surface area contributed by atoms with Crippen LogP contribution in [0.1, 0.15) is 25.7 Å². The van der Waals surface area contributed by atoms with E-state index in [2.05, 4.69) is 5.32 Å². The van der Waals surface area contributed by atoms with Crippen molar-refractivity contribution in [2.75, 3.05) is 18.4 Å². The molecule has 1 fully saturated rings. The number of anilines is 1. The Balaban J connectivity index is 2.00. The first kappa shape index (κ1) is 15.1. The van der Waals surface area contributed by atoms with Gasteiger partial charge in [0.2, 0.25) is 0 Å². The standard InChI is InChI=1S/C13H17ClN2O3S/c14-20(18,19)12-7-5-11(6-8-12)15-13(17)16-9-3-1-2-4-10-16/h5-8H,1-4,9-10H2,(H,15,17). The van der Waals surface area contributed by atoms with Crippen molar-refractivity contribution in [2.24, 2.45) is 0 Å². The lowest BCUT2D eigenvalue weighted by Gasteiger charge is -2.20. The van der Waals surface area contributed by atoms with Crippen LogP contribution in [0.4, 0.5) is 10.5 Å². The van der Waals surface area contributed by atoms with Crippen molar-refractivity contribution >= 4 is 31.5 Å². The molecule has 2 amide bonds. The van der Waals surface area contributed by atoms with E-state index in [0.717, 1.165) is 38.8 Å². The van der Waals surface area contributed by atoms with Gasteiger partial charge in [-0.1, -0.05) is 12.8 Å². The average Bonchev–Trinajstić information content (AvgIpc) is 2.67. The molecular weight excluding hydrogens is 300 g/mol. The second-order valence-corrected chi connectivity index (χ2v) is 7.36. The smallest absolute Gasteiger partial charge is 0.321 e. The summed E-state index contributed by atoms with van der Waals surface area (Å²) in [5, 5.41) is 2.77. The number of halogens is 1. The second kappa shape index (κ2) is 6.45. The van der Waals surface area contributed by atoms with Crippen molar-refractivity contribution in [1.29, 1.82) is 0 Å². The molecule has 1 aliphatic heterocycles. The Labute approximate surface area is 123 Å². The summed E-state index contributed by atoms with van der Waals surface area (Å²) in [6.45, 7) is 1.53. The molecule has 0 saturated carbocycles. The minimum absolute atomic E-state index is 0.0203. The van der Waals surface area contributed by atoms with Crippen molar-refractivity contribution in [3.63, 3.8) is 0 Å². The van der Waals surface area contributed by atoms with Gasteiger partial charge in [0.05, 0.1) is 4.90 Å². The number of urea groups is 1. The number of benzene rings is 1. The van der Waals surface area contributed by atoms with Gasteiger partial charge in [-0.3, -0.25) is 0 Å². The van der Waals surface area contributed by atoms with Gasteiger partial charge in [0, 0.05) is 29.5 Å². The molecule has 1 N–H and O–H groups in total. The van der Waals surface area contributed by atoms with Gasteiger partial charge >= 0.3 is 6.03 Å². The maximum Gasteiger partial charge on any atom is 0.321 e. The third-order valence-electron chi connectivity index (χ3n) is 3.28. The molecule has 0 unspecified atom stereocenters. The molecule has 0 radical (unpaired) electrons. The Morgan fingerprint density at radius 2 is 1.60 bits per heavy atom. The first-order valence-corrected chi connectivity index (χ1v) is 8.88. The molecule has 0 atom stereocenters. The molecule has 1 aromatic carbocycles.